The molecule has 88 valence electrons. The molecule has 2 aromatic rings. The van der Waals surface area contributed by atoms with Gasteiger partial charge in [-0.3, -0.25) is 0 Å². The normalized spacial score (nSPS) is 10.3. The molecule has 0 fully saturated rings. The van der Waals surface area contributed by atoms with Gasteiger partial charge < -0.3 is 4.74 Å². The van der Waals surface area contributed by atoms with Gasteiger partial charge in [0.2, 0.25) is 0 Å². The van der Waals surface area contributed by atoms with Gasteiger partial charge in [-0.1, -0.05) is 22.0 Å². The molecule has 0 radical (unpaired) electrons. The monoisotopic (exact) mass is 359 g/mol. The minimum absolute atomic E-state index is 0.183. The predicted molar refractivity (Wildman–Crippen MR) is 70.4 cm³/mol. The topological polar surface area (TPSA) is 22.1 Å². The quantitative estimate of drug-likeness (QED) is 0.760. The average molecular weight is 361 g/mol. The molecular formula is C12H8Br2FNO. The highest BCUT2D eigenvalue weighted by atomic mass is 79.9. The van der Waals surface area contributed by atoms with Crippen molar-refractivity contribution in [3.05, 3.63) is 57.0 Å². The summed E-state index contributed by atoms with van der Waals surface area (Å²) in [6.07, 6.45) is 1.58. The van der Waals surface area contributed by atoms with Crippen LogP contribution in [0.4, 0.5) is 4.39 Å². The van der Waals surface area contributed by atoms with Gasteiger partial charge in [-0.15, -0.1) is 0 Å². The van der Waals surface area contributed by atoms with E-state index in [0.29, 0.717) is 15.8 Å². The van der Waals surface area contributed by atoms with E-state index in [1.54, 1.807) is 30.5 Å². The van der Waals surface area contributed by atoms with E-state index in [0.717, 1.165) is 4.60 Å². The predicted octanol–water partition coefficient (Wildman–Crippen LogP) is 4.32. The average Bonchev–Trinajstić information content (AvgIpc) is 2.30. The van der Waals surface area contributed by atoms with Crippen LogP contribution in [0.15, 0.2) is 45.6 Å². The fraction of sp³-hybridized carbons (Fsp3) is 0.0833. The van der Waals surface area contributed by atoms with Gasteiger partial charge in [0.1, 0.15) is 22.8 Å². The van der Waals surface area contributed by atoms with Crippen LogP contribution >= 0.6 is 31.9 Å². The highest BCUT2D eigenvalue weighted by Crippen LogP contribution is 2.18. The molecule has 5 heteroatoms. The molecular weight excluding hydrogens is 353 g/mol. The van der Waals surface area contributed by atoms with E-state index in [-0.39, 0.29) is 12.4 Å². The first-order valence-corrected chi connectivity index (χ1v) is 6.42. The van der Waals surface area contributed by atoms with Gasteiger partial charge in [-0.2, -0.15) is 0 Å². The lowest BCUT2D eigenvalue weighted by atomic mass is 10.2. The van der Waals surface area contributed by atoms with Crippen LogP contribution in [0.3, 0.4) is 0 Å². The summed E-state index contributed by atoms with van der Waals surface area (Å²) in [6, 6.07) is 8.42. The Kier molecular flexibility index (Phi) is 4.12. The third-order valence-electron chi connectivity index (χ3n) is 2.11. The molecule has 1 aromatic heterocycles. The molecule has 0 aliphatic carbocycles. The van der Waals surface area contributed by atoms with Crippen molar-refractivity contribution >= 4 is 31.9 Å². The van der Waals surface area contributed by atoms with E-state index in [2.05, 4.69) is 36.8 Å². The highest BCUT2D eigenvalue weighted by Gasteiger charge is 2.03. The van der Waals surface area contributed by atoms with Crippen molar-refractivity contribution in [3.8, 4) is 5.75 Å². The Balaban J connectivity index is 2.04. The minimum Gasteiger partial charge on any atom is -0.487 e. The first-order valence-electron chi connectivity index (χ1n) is 4.83. The molecule has 0 N–H and O–H groups in total. The number of halogens is 3. The molecule has 17 heavy (non-hydrogen) atoms. The molecule has 1 heterocycles. The van der Waals surface area contributed by atoms with E-state index in [1.165, 1.54) is 6.07 Å². The second-order valence-electron chi connectivity index (χ2n) is 3.34. The van der Waals surface area contributed by atoms with E-state index in [9.17, 15) is 4.39 Å². The van der Waals surface area contributed by atoms with Crippen LogP contribution in [0, 0.1) is 5.82 Å². The Morgan fingerprint density at radius 2 is 2.00 bits per heavy atom. The van der Waals surface area contributed by atoms with Crippen LogP contribution in [0.25, 0.3) is 0 Å². The second-order valence-corrected chi connectivity index (χ2v) is 5.07. The summed E-state index contributed by atoms with van der Waals surface area (Å²) >= 11 is 6.43. The van der Waals surface area contributed by atoms with Crippen molar-refractivity contribution < 1.29 is 9.13 Å². The third-order valence-corrected chi connectivity index (χ3v) is 3.07. The number of hydrogen-bond donors (Lipinski definition) is 0. The Morgan fingerprint density at radius 1 is 1.18 bits per heavy atom. The zero-order valence-electron chi connectivity index (χ0n) is 8.66. The Labute approximate surface area is 115 Å². The molecule has 2 nitrogen and oxygen atoms in total. The van der Waals surface area contributed by atoms with E-state index in [4.69, 9.17) is 4.74 Å². The highest BCUT2D eigenvalue weighted by molar-refractivity contribution is 9.10. The van der Waals surface area contributed by atoms with E-state index >= 15 is 0 Å². The summed E-state index contributed by atoms with van der Waals surface area (Å²) in [5.41, 5.74) is 0.510. The number of benzene rings is 1. The van der Waals surface area contributed by atoms with Crippen molar-refractivity contribution in [2.75, 3.05) is 0 Å². The van der Waals surface area contributed by atoms with E-state index < -0.39 is 0 Å². The number of rotatable bonds is 3. The van der Waals surface area contributed by atoms with Gasteiger partial charge in [-0.05, 0) is 40.2 Å². The molecule has 0 saturated carbocycles. The molecule has 0 unspecified atom stereocenters. The second kappa shape index (κ2) is 5.60. The molecule has 2 rings (SSSR count). The molecule has 0 atom stereocenters. The fourth-order valence-electron chi connectivity index (χ4n) is 1.25. The molecule has 1 aromatic carbocycles. The zero-order chi connectivity index (χ0) is 12.3. The maximum Gasteiger partial charge on any atom is 0.138 e. The Bertz CT molecular complexity index is 516. The molecule has 0 saturated heterocycles. The van der Waals surface area contributed by atoms with E-state index in [1.807, 2.05) is 0 Å². The van der Waals surface area contributed by atoms with Crippen molar-refractivity contribution in [2.45, 2.75) is 6.61 Å². The lowest BCUT2D eigenvalue weighted by Gasteiger charge is -2.07. The summed E-state index contributed by atoms with van der Waals surface area (Å²) in [5.74, 6) is 0.319. The maximum atomic E-state index is 13.5. The molecule has 0 amide bonds. The summed E-state index contributed by atoms with van der Waals surface area (Å²) in [5, 5.41) is 0. The Hall–Kier alpha value is -0.940. The number of pyridine rings is 1. The van der Waals surface area contributed by atoms with Crippen LogP contribution in [0.5, 0.6) is 5.75 Å². The lowest BCUT2D eigenvalue weighted by Crippen LogP contribution is -1.98. The van der Waals surface area contributed by atoms with Crippen LogP contribution in [0.2, 0.25) is 0 Å². The third kappa shape index (κ3) is 3.51. The molecule has 0 aliphatic heterocycles. The zero-order valence-corrected chi connectivity index (χ0v) is 11.8. The number of hydrogen-bond acceptors (Lipinski definition) is 2. The number of ether oxygens (including phenoxy) is 1. The molecule has 0 bridgehead atoms. The van der Waals surface area contributed by atoms with Crippen molar-refractivity contribution in [1.29, 1.82) is 0 Å². The first-order chi connectivity index (χ1) is 8.15. The maximum absolute atomic E-state index is 13.5. The van der Waals surface area contributed by atoms with Crippen LogP contribution in [-0.4, -0.2) is 4.98 Å². The minimum atomic E-state index is -0.288. The van der Waals surface area contributed by atoms with Gasteiger partial charge in [0.25, 0.3) is 0 Å². The summed E-state index contributed by atoms with van der Waals surface area (Å²) in [4.78, 5) is 4.02. The smallest absolute Gasteiger partial charge is 0.138 e. The fourth-order valence-corrected chi connectivity index (χ4v) is 1.82. The van der Waals surface area contributed by atoms with Crippen LogP contribution in [0.1, 0.15) is 5.56 Å². The van der Waals surface area contributed by atoms with Crippen molar-refractivity contribution in [1.82, 2.24) is 4.98 Å². The van der Waals surface area contributed by atoms with Gasteiger partial charge in [0, 0.05) is 10.0 Å². The summed E-state index contributed by atoms with van der Waals surface area (Å²) < 4.78 is 20.4. The molecule has 0 spiro atoms. The van der Waals surface area contributed by atoms with Crippen LogP contribution in [-0.2, 0) is 6.61 Å². The van der Waals surface area contributed by atoms with Crippen molar-refractivity contribution in [2.24, 2.45) is 0 Å². The van der Waals surface area contributed by atoms with Crippen molar-refractivity contribution in [3.63, 3.8) is 0 Å². The first kappa shape index (κ1) is 12.5. The lowest BCUT2D eigenvalue weighted by molar-refractivity contribution is 0.298. The van der Waals surface area contributed by atoms with Crippen LogP contribution < -0.4 is 4.74 Å². The van der Waals surface area contributed by atoms with Gasteiger partial charge in [-0.25, -0.2) is 9.37 Å². The van der Waals surface area contributed by atoms with Gasteiger partial charge >= 0.3 is 0 Å². The summed E-state index contributed by atoms with van der Waals surface area (Å²) in [7, 11) is 0. The number of aromatic nitrogens is 1. The largest absolute Gasteiger partial charge is 0.487 e. The summed E-state index contributed by atoms with van der Waals surface area (Å²) in [6.45, 7) is 0.183. The standard InChI is InChI=1S/C12H8Br2FNO/c13-9-2-1-8(11(15)5-9)7-17-10-3-4-12(14)16-6-10/h1-6H,7H2. The number of nitrogens with zero attached hydrogens (tertiary/aromatic N) is 1. The van der Waals surface area contributed by atoms with Gasteiger partial charge in [0.15, 0.2) is 0 Å². The molecule has 0 aliphatic rings. The Morgan fingerprint density at radius 3 is 2.65 bits per heavy atom. The SMILES string of the molecule is Fc1cc(Br)ccc1COc1ccc(Br)nc1. The van der Waals surface area contributed by atoms with Gasteiger partial charge in [0.05, 0.1) is 6.20 Å².